The summed E-state index contributed by atoms with van der Waals surface area (Å²) in [6.45, 7) is 4.65. The third-order valence-corrected chi connectivity index (χ3v) is 1.86. The molecule has 0 spiro atoms. The fourth-order valence-electron chi connectivity index (χ4n) is 1.35. The average Bonchev–Trinajstić information content (AvgIpc) is 2.44. The molecule has 0 unspecified atom stereocenters. The second-order valence-electron chi connectivity index (χ2n) is 2.95. The van der Waals surface area contributed by atoms with E-state index in [1.54, 1.807) is 0 Å². The Morgan fingerprint density at radius 3 is 3.00 bits per heavy atom. The van der Waals surface area contributed by atoms with Crippen LogP contribution in [0, 0.1) is 6.92 Å². The molecule has 2 aromatic heterocycles. The summed E-state index contributed by atoms with van der Waals surface area (Å²) in [5, 5.41) is 0. The molecule has 3 nitrogen and oxygen atoms in total. The summed E-state index contributed by atoms with van der Waals surface area (Å²) in [4.78, 5) is 4.32. The number of nitrogens with zero attached hydrogens (tertiary/aromatic N) is 2. The average molecular weight is 176 g/mol. The molecule has 13 heavy (non-hydrogen) atoms. The lowest BCUT2D eigenvalue weighted by atomic mass is 10.4. The predicted molar refractivity (Wildman–Crippen MR) is 51.1 cm³/mol. The quantitative estimate of drug-likeness (QED) is 0.700. The maximum absolute atomic E-state index is 5.37. The van der Waals surface area contributed by atoms with Crippen molar-refractivity contribution in [1.29, 1.82) is 0 Å². The van der Waals surface area contributed by atoms with Crippen molar-refractivity contribution in [1.82, 2.24) is 9.38 Å². The Kier molecular flexibility index (Phi) is 1.93. The second kappa shape index (κ2) is 3.09. The van der Waals surface area contributed by atoms with Crippen LogP contribution in [0.3, 0.4) is 0 Å². The zero-order valence-electron chi connectivity index (χ0n) is 7.82. The molecule has 2 heterocycles. The van der Waals surface area contributed by atoms with Gasteiger partial charge in [-0.3, -0.25) is 0 Å². The van der Waals surface area contributed by atoms with Gasteiger partial charge in [0.25, 0.3) is 0 Å². The maximum Gasteiger partial charge on any atom is 0.137 e. The molecule has 0 saturated heterocycles. The van der Waals surface area contributed by atoms with Crippen LogP contribution in [0.5, 0.6) is 5.75 Å². The van der Waals surface area contributed by atoms with Crippen LogP contribution >= 0.6 is 0 Å². The molecular weight excluding hydrogens is 164 g/mol. The van der Waals surface area contributed by atoms with Crippen LogP contribution in [0.1, 0.15) is 12.6 Å². The van der Waals surface area contributed by atoms with Gasteiger partial charge >= 0.3 is 0 Å². The van der Waals surface area contributed by atoms with Crippen LogP contribution in [0.25, 0.3) is 5.65 Å². The normalized spacial score (nSPS) is 10.6. The van der Waals surface area contributed by atoms with Gasteiger partial charge in [-0.05, 0) is 26.0 Å². The molecule has 0 amide bonds. The molecule has 2 aromatic rings. The van der Waals surface area contributed by atoms with Crippen molar-refractivity contribution in [3.05, 3.63) is 30.2 Å². The molecule has 2 rings (SSSR count). The summed E-state index contributed by atoms with van der Waals surface area (Å²) in [5.74, 6) is 0.882. The Bertz CT molecular complexity index is 420. The van der Waals surface area contributed by atoms with Crippen LogP contribution in [0.15, 0.2) is 24.5 Å². The number of pyridine rings is 1. The Morgan fingerprint density at radius 1 is 1.38 bits per heavy atom. The van der Waals surface area contributed by atoms with Crippen molar-refractivity contribution < 1.29 is 4.74 Å². The van der Waals surface area contributed by atoms with Gasteiger partial charge < -0.3 is 9.14 Å². The van der Waals surface area contributed by atoms with E-state index in [1.165, 1.54) is 0 Å². The van der Waals surface area contributed by atoms with Crippen LogP contribution in [0.4, 0.5) is 0 Å². The summed E-state index contributed by atoms with van der Waals surface area (Å²) in [7, 11) is 0. The fourth-order valence-corrected chi connectivity index (χ4v) is 1.35. The Morgan fingerprint density at radius 2 is 2.23 bits per heavy atom. The van der Waals surface area contributed by atoms with Crippen LogP contribution in [0.2, 0.25) is 0 Å². The number of fused-ring (bicyclic) bond motifs is 1. The minimum Gasteiger partial charge on any atom is -0.492 e. The lowest BCUT2D eigenvalue weighted by Gasteiger charge is -2.02. The first-order valence-electron chi connectivity index (χ1n) is 4.38. The number of aryl methyl sites for hydroxylation is 1. The standard InChI is InChI=1S/C10H12N2O/c1-3-13-9-4-5-10-11-8(2)6-12(10)7-9/h4-7H,3H2,1-2H3. The number of hydrogen-bond acceptors (Lipinski definition) is 2. The van der Waals surface area contributed by atoms with Crippen molar-refractivity contribution >= 4 is 5.65 Å². The van der Waals surface area contributed by atoms with E-state index in [0.717, 1.165) is 17.1 Å². The number of imidazole rings is 1. The lowest BCUT2D eigenvalue weighted by molar-refractivity contribution is 0.338. The molecular formula is C10H12N2O. The molecule has 0 bridgehead atoms. The largest absolute Gasteiger partial charge is 0.492 e. The maximum atomic E-state index is 5.37. The second-order valence-corrected chi connectivity index (χ2v) is 2.95. The highest BCUT2D eigenvalue weighted by molar-refractivity contribution is 5.42. The molecule has 0 aliphatic carbocycles. The topological polar surface area (TPSA) is 26.5 Å². The zero-order valence-corrected chi connectivity index (χ0v) is 7.82. The van der Waals surface area contributed by atoms with E-state index in [1.807, 2.05) is 42.8 Å². The van der Waals surface area contributed by atoms with E-state index in [-0.39, 0.29) is 0 Å². The number of hydrogen-bond donors (Lipinski definition) is 0. The summed E-state index contributed by atoms with van der Waals surface area (Å²) in [6, 6.07) is 3.89. The van der Waals surface area contributed by atoms with Gasteiger partial charge in [-0.2, -0.15) is 0 Å². The minimum absolute atomic E-state index is 0.694. The van der Waals surface area contributed by atoms with Crippen molar-refractivity contribution in [2.24, 2.45) is 0 Å². The third kappa shape index (κ3) is 1.49. The Labute approximate surface area is 77.0 Å². The monoisotopic (exact) mass is 176 g/mol. The molecule has 0 N–H and O–H groups in total. The van der Waals surface area contributed by atoms with Crippen LogP contribution in [-0.2, 0) is 0 Å². The minimum atomic E-state index is 0.694. The molecule has 0 radical (unpaired) electrons. The number of rotatable bonds is 2. The predicted octanol–water partition coefficient (Wildman–Crippen LogP) is 2.04. The number of aromatic nitrogens is 2. The van der Waals surface area contributed by atoms with Gasteiger partial charge in [0, 0.05) is 6.20 Å². The van der Waals surface area contributed by atoms with Crippen molar-refractivity contribution in [2.45, 2.75) is 13.8 Å². The van der Waals surface area contributed by atoms with E-state index >= 15 is 0 Å². The summed E-state index contributed by atoms with van der Waals surface area (Å²) < 4.78 is 7.35. The van der Waals surface area contributed by atoms with Crippen LogP contribution < -0.4 is 4.74 Å². The molecule has 0 aliphatic heterocycles. The molecule has 3 heteroatoms. The van der Waals surface area contributed by atoms with Gasteiger partial charge in [-0.25, -0.2) is 4.98 Å². The Balaban J connectivity index is 2.48. The summed E-state index contributed by atoms with van der Waals surface area (Å²) in [5.41, 5.74) is 1.98. The van der Waals surface area contributed by atoms with E-state index < -0.39 is 0 Å². The van der Waals surface area contributed by atoms with Crippen molar-refractivity contribution in [3.63, 3.8) is 0 Å². The molecule has 0 fully saturated rings. The van der Waals surface area contributed by atoms with Gasteiger partial charge in [0.2, 0.25) is 0 Å². The van der Waals surface area contributed by atoms with Crippen molar-refractivity contribution in [2.75, 3.05) is 6.61 Å². The van der Waals surface area contributed by atoms with E-state index in [4.69, 9.17) is 4.74 Å². The zero-order chi connectivity index (χ0) is 9.26. The van der Waals surface area contributed by atoms with Gasteiger partial charge in [0.15, 0.2) is 0 Å². The van der Waals surface area contributed by atoms with E-state index in [9.17, 15) is 0 Å². The highest BCUT2D eigenvalue weighted by Crippen LogP contribution is 2.13. The first-order chi connectivity index (χ1) is 6.29. The first kappa shape index (κ1) is 8.10. The Hall–Kier alpha value is -1.51. The van der Waals surface area contributed by atoms with E-state index in [0.29, 0.717) is 6.61 Å². The third-order valence-electron chi connectivity index (χ3n) is 1.86. The van der Waals surface area contributed by atoms with E-state index in [2.05, 4.69) is 4.98 Å². The first-order valence-corrected chi connectivity index (χ1v) is 4.38. The molecule has 68 valence electrons. The highest BCUT2D eigenvalue weighted by Gasteiger charge is 1.98. The van der Waals surface area contributed by atoms with Gasteiger partial charge in [0.1, 0.15) is 11.4 Å². The van der Waals surface area contributed by atoms with Crippen LogP contribution in [-0.4, -0.2) is 16.0 Å². The molecule has 0 atom stereocenters. The van der Waals surface area contributed by atoms with Gasteiger partial charge in [-0.15, -0.1) is 0 Å². The smallest absolute Gasteiger partial charge is 0.137 e. The summed E-state index contributed by atoms with van der Waals surface area (Å²) in [6.07, 6.45) is 3.93. The van der Waals surface area contributed by atoms with Gasteiger partial charge in [-0.1, -0.05) is 0 Å². The lowest BCUT2D eigenvalue weighted by Crippen LogP contribution is -1.93. The number of ether oxygens (including phenoxy) is 1. The summed E-state index contributed by atoms with van der Waals surface area (Å²) >= 11 is 0. The highest BCUT2D eigenvalue weighted by atomic mass is 16.5. The van der Waals surface area contributed by atoms with Gasteiger partial charge in [0.05, 0.1) is 18.5 Å². The fraction of sp³-hybridized carbons (Fsp3) is 0.300. The molecule has 0 aromatic carbocycles. The molecule has 0 aliphatic rings. The SMILES string of the molecule is CCOc1ccc2nc(C)cn2c1. The molecule has 0 saturated carbocycles. The van der Waals surface area contributed by atoms with Crippen molar-refractivity contribution in [3.8, 4) is 5.75 Å².